The van der Waals surface area contributed by atoms with Crippen LogP contribution in [0.2, 0.25) is 0 Å². The zero-order chi connectivity index (χ0) is 20.1. The second-order valence-corrected chi connectivity index (χ2v) is 6.52. The second-order valence-electron chi connectivity index (χ2n) is 6.52. The van der Waals surface area contributed by atoms with Crippen LogP contribution in [0, 0.1) is 6.92 Å². The summed E-state index contributed by atoms with van der Waals surface area (Å²) in [5, 5.41) is 8.89. The molecular weight excluding hydrogens is 362 g/mol. The topological polar surface area (TPSA) is 72.2 Å². The Balaban J connectivity index is 1.66. The molecule has 4 aromatic rings. The number of nitrogens with zero attached hydrogens (tertiary/aromatic N) is 4. The van der Waals surface area contributed by atoms with E-state index in [1.165, 1.54) is 0 Å². The number of carbonyl (C=O) groups is 1. The lowest BCUT2D eigenvalue weighted by Crippen LogP contribution is -2.17. The van der Waals surface area contributed by atoms with Crippen LogP contribution < -0.4 is 5.43 Å². The molecule has 0 aliphatic rings. The molecule has 2 aromatic carbocycles. The predicted molar refractivity (Wildman–Crippen MR) is 113 cm³/mol. The van der Waals surface area contributed by atoms with Gasteiger partial charge in [-0.2, -0.15) is 10.2 Å². The third-order valence-electron chi connectivity index (χ3n) is 4.37. The Morgan fingerprint density at radius 1 is 1.03 bits per heavy atom. The smallest absolute Gasteiger partial charge is 0.267 e. The number of benzene rings is 2. The molecule has 0 atom stereocenters. The van der Waals surface area contributed by atoms with Crippen LogP contribution in [-0.2, 0) is 0 Å². The van der Waals surface area contributed by atoms with E-state index in [0.717, 1.165) is 28.1 Å². The third-order valence-corrected chi connectivity index (χ3v) is 4.37. The SMILES string of the molecule is Cc1cccc(-c2nn(-c3ccccc3)cc2/C=N/NC(=O)c2ccncc2)c1. The minimum absolute atomic E-state index is 0.295. The van der Waals surface area contributed by atoms with E-state index in [1.54, 1.807) is 30.7 Å². The van der Waals surface area contributed by atoms with E-state index in [4.69, 9.17) is 5.10 Å². The van der Waals surface area contributed by atoms with Gasteiger partial charge in [0, 0.05) is 35.3 Å². The molecule has 0 bridgehead atoms. The van der Waals surface area contributed by atoms with Crippen LogP contribution in [0.25, 0.3) is 16.9 Å². The van der Waals surface area contributed by atoms with E-state index in [0.29, 0.717) is 5.56 Å². The third kappa shape index (κ3) is 4.27. The summed E-state index contributed by atoms with van der Waals surface area (Å²) in [6, 6.07) is 21.3. The van der Waals surface area contributed by atoms with Crippen molar-refractivity contribution >= 4 is 12.1 Å². The maximum absolute atomic E-state index is 12.2. The number of amides is 1. The van der Waals surface area contributed by atoms with Gasteiger partial charge in [-0.05, 0) is 37.3 Å². The van der Waals surface area contributed by atoms with Crippen molar-refractivity contribution in [3.05, 3.63) is 102 Å². The van der Waals surface area contributed by atoms with Gasteiger partial charge in [0.2, 0.25) is 0 Å². The van der Waals surface area contributed by atoms with Gasteiger partial charge in [0.25, 0.3) is 5.91 Å². The van der Waals surface area contributed by atoms with Gasteiger partial charge in [-0.3, -0.25) is 9.78 Å². The molecule has 0 radical (unpaired) electrons. The van der Waals surface area contributed by atoms with Crippen LogP contribution in [0.5, 0.6) is 0 Å². The fourth-order valence-corrected chi connectivity index (χ4v) is 2.94. The molecule has 0 fully saturated rings. The van der Waals surface area contributed by atoms with Crippen molar-refractivity contribution in [2.24, 2.45) is 5.10 Å². The number of hydrogen-bond donors (Lipinski definition) is 1. The standard InChI is InChI=1S/C23H19N5O/c1-17-6-5-7-19(14-17)22-20(16-28(27-22)21-8-3-2-4-9-21)15-25-26-23(29)18-10-12-24-13-11-18/h2-16H,1H3,(H,26,29)/b25-15+. The van der Waals surface area contributed by atoms with E-state index in [1.807, 2.05) is 66.3 Å². The summed E-state index contributed by atoms with van der Waals surface area (Å²) in [6.07, 6.45) is 6.65. The number of aryl methyl sites for hydroxylation is 1. The molecule has 0 unspecified atom stereocenters. The Labute approximate surface area is 168 Å². The molecule has 1 amide bonds. The number of nitrogens with one attached hydrogen (secondary N) is 1. The van der Waals surface area contributed by atoms with Gasteiger partial charge in [0.05, 0.1) is 11.9 Å². The Morgan fingerprint density at radius 3 is 2.59 bits per heavy atom. The lowest BCUT2D eigenvalue weighted by atomic mass is 10.1. The zero-order valence-electron chi connectivity index (χ0n) is 15.9. The van der Waals surface area contributed by atoms with E-state index < -0.39 is 0 Å². The molecule has 6 heteroatoms. The van der Waals surface area contributed by atoms with Gasteiger partial charge in [-0.15, -0.1) is 0 Å². The first-order valence-corrected chi connectivity index (χ1v) is 9.16. The quantitative estimate of drug-likeness (QED) is 0.419. The molecule has 2 heterocycles. The Bertz CT molecular complexity index is 1150. The first-order chi connectivity index (χ1) is 14.2. The predicted octanol–water partition coefficient (Wildman–Crippen LogP) is 4.01. The van der Waals surface area contributed by atoms with Crippen molar-refractivity contribution in [1.29, 1.82) is 0 Å². The highest BCUT2D eigenvalue weighted by Crippen LogP contribution is 2.23. The summed E-state index contributed by atoms with van der Waals surface area (Å²) < 4.78 is 1.81. The summed E-state index contributed by atoms with van der Waals surface area (Å²) in [6.45, 7) is 2.04. The Hall–Kier alpha value is -4.06. The van der Waals surface area contributed by atoms with Crippen LogP contribution in [0.4, 0.5) is 0 Å². The zero-order valence-corrected chi connectivity index (χ0v) is 15.9. The van der Waals surface area contributed by atoms with Crippen molar-refractivity contribution in [3.8, 4) is 16.9 Å². The molecule has 2 aromatic heterocycles. The Morgan fingerprint density at radius 2 is 1.83 bits per heavy atom. The molecule has 1 N–H and O–H groups in total. The lowest BCUT2D eigenvalue weighted by molar-refractivity contribution is 0.0955. The number of para-hydroxylation sites is 1. The van der Waals surface area contributed by atoms with Gasteiger partial charge < -0.3 is 0 Å². The van der Waals surface area contributed by atoms with Crippen molar-refractivity contribution < 1.29 is 4.79 Å². The fourth-order valence-electron chi connectivity index (χ4n) is 2.94. The average molecular weight is 381 g/mol. The summed E-state index contributed by atoms with van der Waals surface area (Å²) in [5.41, 5.74) is 7.72. The number of hydrogen-bond acceptors (Lipinski definition) is 4. The van der Waals surface area contributed by atoms with E-state index in [-0.39, 0.29) is 5.91 Å². The van der Waals surface area contributed by atoms with Crippen LogP contribution in [0.3, 0.4) is 0 Å². The molecule has 0 saturated carbocycles. The Kier molecular flexibility index (Phi) is 5.25. The number of pyridine rings is 1. The highest BCUT2D eigenvalue weighted by atomic mass is 16.2. The molecule has 4 rings (SSSR count). The molecule has 0 spiro atoms. The van der Waals surface area contributed by atoms with Gasteiger partial charge in [-0.25, -0.2) is 10.1 Å². The van der Waals surface area contributed by atoms with Crippen molar-refractivity contribution in [2.45, 2.75) is 6.92 Å². The minimum atomic E-state index is -0.295. The molecule has 0 saturated heterocycles. The highest BCUT2D eigenvalue weighted by molar-refractivity contribution is 5.95. The van der Waals surface area contributed by atoms with Gasteiger partial charge in [0.1, 0.15) is 5.69 Å². The summed E-state index contributed by atoms with van der Waals surface area (Å²) in [7, 11) is 0. The van der Waals surface area contributed by atoms with Gasteiger partial charge in [0.15, 0.2) is 0 Å². The number of hydrazone groups is 1. The molecule has 0 aliphatic carbocycles. The van der Waals surface area contributed by atoms with Gasteiger partial charge in [-0.1, -0.05) is 42.0 Å². The number of carbonyl (C=O) groups excluding carboxylic acids is 1. The lowest BCUT2D eigenvalue weighted by Gasteiger charge is -2.01. The summed E-state index contributed by atoms with van der Waals surface area (Å²) >= 11 is 0. The normalized spacial score (nSPS) is 10.9. The minimum Gasteiger partial charge on any atom is -0.267 e. The molecule has 142 valence electrons. The second kappa shape index (κ2) is 8.31. The molecule has 0 aliphatic heterocycles. The summed E-state index contributed by atoms with van der Waals surface area (Å²) in [5.74, 6) is -0.295. The largest absolute Gasteiger partial charge is 0.271 e. The fraction of sp³-hybridized carbons (Fsp3) is 0.0435. The highest BCUT2D eigenvalue weighted by Gasteiger charge is 2.11. The summed E-state index contributed by atoms with van der Waals surface area (Å²) in [4.78, 5) is 16.1. The maximum atomic E-state index is 12.2. The first-order valence-electron chi connectivity index (χ1n) is 9.16. The van der Waals surface area contributed by atoms with E-state index in [9.17, 15) is 4.79 Å². The average Bonchev–Trinajstić information content (AvgIpc) is 3.19. The van der Waals surface area contributed by atoms with E-state index >= 15 is 0 Å². The number of aromatic nitrogens is 3. The van der Waals surface area contributed by atoms with Gasteiger partial charge >= 0.3 is 0 Å². The van der Waals surface area contributed by atoms with Crippen molar-refractivity contribution in [3.63, 3.8) is 0 Å². The van der Waals surface area contributed by atoms with Crippen LogP contribution in [0.1, 0.15) is 21.5 Å². The number of rotatable bonds is 5. The van der Waals surface area contributed by atoms with Crippen molar-refractivity contribution in [1.82, 2.24) is 20.2 Å². The van der Waals surface area contributed by atoms with E-state index in [2.05, 4.69) is 21.6 Å². The molecular formula is C23H19N5O. The van der Waals surface area contributed by atoms with Crippen LogP contribution in [0.15, 0.2) is 90.4 Å². The first kappa shape index (κ1) is 18.3. The maximum Gasteiger partial charge on any atom is 0.271 e. The monoisotopic (exact) mass is 381 g/mol. The van der Waals surface area contributed by atoms with Crippen molar-refractivity contribution in [2.75, 3.05) is 0 Å². The molecule has 6 nitrogen and oxygen atoms in total. The van der Waals surface area contributed by atoms with Crippen LogP contribution in [-0.4, -0.2) is 26.9 Å². The molecule has 29 heavy (non-hydrogen) atoms. The van der Waals surface area contributed by atoms with Crippen LogP contribution >= 0.6 is 0 Å².